The Labute approximate surface area is 196 Å². The summed E-state index contributed by atoms with van der Waals surface area (Å²) in [6, 6.07) is 14.6. The molecule has 0 radical (unpaired) electrons. The SMILES string of the molecule is CCC(C(=O)NC1CCCCC1)N(Cc1ccccc1C)C(=O)COc1cccc(Cl)c1. The Hall–Kier alpha value is -2.53. The lowest BCUT2D eigenvalue weighted by Gasteiger charge is -2.33. The fraction of sp³-hybridized carbons (Fsp3) is 0.462. The molecule has 1 aliphatic rings. The van der Waals surface area contributed by atoms with E-state index >= 15 is 0 Å². The van der Waals surface area contributed by atoms with Crippen LogP contribution < -0.4 is 10.1 Å². The van der Waals surface area contributed by atoms with E-state index in [2.05, 4.69) is 5.32 Å². The molecule has 1 N–H and O–H groups in total. The Balaban J connectivity index is 1.76. The molecular weight excluding hydrogens is 424 g/mol. The number of amides is 2. The van der Waals surface area contributed by atoms with Crippen LogP contribution in [0.2, 0.25) is 5.02 Å². The van der Waals surface area contributed by atoms with Crippen LogP contribution in [0.5, 0.6) is 5.75 Å². The predicted octanol–water partition coefficient (Wildman–Crippen LogP) is 5.28. The van der Waals surface area contributed by atoms with E-state index in [1.54, 1.807) is 29.2 Å². The molecule has 0 saturated heterocycles. The molecule has 0 heterocycles. The number of hydrogen-bond acceptors (Lipinski definition) is 3. The molecule has 0 aliphatic heterocycles. The van der Waals surface area contributed by atoms with Crippen molar-refractivity contribution >= 4 is 23.4 Å². The first kappa shape index (κ1) is 24.1. The van der Waals surface area contributed by atoms with Gasteiger partial charge < -0.3 is 15.0 Å². The summed E-state index contributed by atoms with van der Waals surface area (Å²) in [4.78, 5) is 28.2. The number of hydrogen-bond donors (Lipinski definition) is 1. The molecule has 32 heavy (non-hydrogen) atoms. The van der Waals surface area contributed by atoms with Crippen LogP contribution in [-0.4, -0.2) is 35.4 Å². The Bertz CT molecular complexity index is 911. The van der Waals surface area contributed by atoms with Crippen molar-refractivity contribution in [2.75, 3.05) is 6.61 Å². The Morgan fingerprint density at radius 1 is 1.12 bits per heavy atom. The Morgan fingerprint density at radius 2 is 1.88 bits per heavy atom. The molecule has 0 spiro atoms. The molecule has 2 amide bonds. The molecule has 5 nitrogen and oxygen atoms in total. The highest BCUT2D eigenvalue weighted by Crippen LogP contribution is 2.21. The smallest absolute Gasteiger partial charge is 0.261 e. The van der Waals surface area contributed by atoms with Gasteiger partial charge in [-0.1, -0.05) is 68.1 Å². The largest absolute Gasteiger partial charge is 0.484 e. The number of aryl methyl sites for hydroxylation is 1. The normalized spacial score (nSPS) is 15.1. The van der Waals surface area contributed by atoms with Gasteiger partial charge in [-0.05, 0) is 55.5 Å². The maximum absolute atomic E-state index is 13.3. The van der Waals surface area contributed by atoms with Crippen molar-refractivity contribution in [1.29, 1.82) is 0 Å². The standard InChI is InChI=1S/C26H33ClN2O3/c1-3-24(26(31)28-22-13-5-4-6-14-22)29(17-20-11-8-7-10-19(20)2)25(30)18-32-23-15-9-12-21(27)16-23/h7-12,15-16,22,24H,3-6,13-14,17-18H2,1-2H3,(H,28,31). The summed E-state index contributed by atoms with van der Waals surface area (Å²) in [5.41, 5.74) is 2.11. The van der Waals surface area contributed by atoms with Crippen LogP contribution in [-0.2, 0) is 16.1 Å². The highest BCUT2D eigenvalue weighted by Gasteiger charge is 2.30. The van der Waals surface area contributed by atoms with Gasteiger partial charge >= 0.3 is 0 Å². The summed E-state index contributed by atoms with van der Waals surface area (Å²) < 4.78 is 5.71. The van der Waals surface area contributed by atoms with Crippen molar-refractivity contribution in [3.8, 4) is 5.75 Å². The van der Waals surface area contributed by atoms with Gasteiger partial charge in [-0.25, -0.2) is 0 Å². The summed E-state index contributed by atoms with van der Waals surface area (Å²) >= 11 is 6.03. The number of carbonyl (C=O) groups is 2. The molecule has 3 rings (SSSR count). The van der Waals surface area contributed by atoms with Crippen molar-refractivity contribution in [3.05, 3.63) is 64.7 Å². The molecule has 172 valence electrons. The van der Waals surface area contributed by atoms with Gasteiger partial charge in [-0.3, -0.25) is 9.59 Å². The molecule has 1 unspecified atom stereocenters. The van der Waals surface area contributed by atoms with Crippen molar-refractivity contribution in [2.45, 2.75) is 71.0 Å². The quantitative estimate of drug-likeness (QED) is 0.558. The maximum atomic E-state index is 13.3. The average molecular weight is 457 g/mol. The van der Waals surface area contributed by atoms with Crippen LogP contribution in [0.25, 0.3) is 0 Å². The molecule has 1 atom stereocenters. The molecule has 1 saturated carbocycles. The third-order valence-corrected chi connectivity index (χ3v) is 6.33. The second-order valence-corrected chi connectivity index (χ2v) is 8.90. The summed E-state index contributed by atoms with van der Waals surface area (Å²) in [6.45, 7) is 4.17. The number of halogens is 1. The van der Waals surface area contributed by atoms with Crippen molar-refractivity contribution < 1.29 is 14.3 Å². The highest BCUT2D eigenvalue weighted by molar-refractivity contribution is 6.30. The van der Waals surface area contributed by atoms with E-state index in [1.165, 1.54) is 6.42 Å². The lowest BCUT2D eigenvalue weighted by atomic mass is 9.95. The molecule has 6 heteroatoms. The minimum absolute atomic E-state index is 0.0795. The molecule has 2 aromatic carbocycles. The van der Waals surface area contributed by atoms with Gasteiger partial charge in [0.15, 0.2) is 6.61 Å². The van der Waals surface area contributed by atoms with Gasteiger partial charge in [0.1, 0.15) is 11.8 Å². The molecule has 0 bridgehead atoms. The van der Waals surface area contributed by atoms with Crippen LogP contribution in [0.3, 0.4) is 0 Å². The molecule has 1 fully saturated rings. The zero-order valence-corrected chi connectivity index (χ0v) is 19.7. The number of nitrogens with zero attached hydrogens (tertiary/aromatic N) is 1. The van der Waals surface area contributed by atoms with E-state index < -0.39 is 6.04 Å². The lowest BCUT2D eigenvalue weighted by Crippen LogP contribution is -2.52. The van der Waals surface area contributed by atoms with Gasteiger partial charge in [0.2, 0.25) is 5.91 Å². The van der Waals surface area contributed by atoms with Crippen molar-refractivity contribution in [3.63, 3.8) is 0 Å². The highest BCUT2D eigenvalue weighted by atomic mass is 35.5. The first-order valence-corrected chi connectivity index (χ1v) is 11.9. The Kier molecular flexibility index (Phi) is 8.98. The summed E-state index contributed by atoms with van der Waals surface area (Å²) in [7, 11) is 0. The van der Waals surface area contributed by atoms with Gasteiger partial charge in [0, 0.05) is 17.6 Å². The first-order valence-electron chi connectivity index (χ1n) is 11.5. The number of ether oxygens (including phenoxy) is 1. The van der Waals surface area contributed by atoms with Gasteiger partial charge in [0.05, 0.1) is 0 Å². The van der Waals surface area contributed by atoms with E-state index in [4.69, 9.17) is 16.3 Å². The third kappa shape index (κ3) is 6.73. The van der Waals surface area contributed by atoms with Crippen molar-refractivity contribution in [2.24, 2.45) is 0 Å². The molecular formula is C26H33ClN2O3. The predicted molar refractivity (Wildman–Crippen MR) is 128 cm³/mol. The van der Waals surface area contributed by atoms with Crippen LogP contribution in [0, 0.1) is 6.92 Å². The fourth-order valence-corrected chi connectivity index (χ4v) is 4.40. The zero-order chi connectivity index (χ0) is 22.9. The van der Waals surface area contributed by atoms with E-state index in [1.807, 2.05) is 38.1 Å². The van der Waals surface area contributed by atoms with E-state index in [-0.39, 0.29) is 24.5 Å². The van der Waals surface area contributed by atoms with Crippen molar-refractivity contribution in [1.82, 2.24) is 10.2 Å². The second kappa shape index (κ2) is 11.9. The maximum Gasteiger partial charge on any atom is 0.261 e. The minimum atomic E-state index is -0.549. The van der Waals surface area contributed by atoms with Gasteiger partial charge in [-0.2, -0.15) is 0 Å². The summed E-state index contributed by atoms with van der Waals surface area (Å²) in [5, 5.41) is 3.74. The molecule has 2 aromatic rings. The number of benzene rings is 2. The second-order valence-electron chi connectivity index (χ2n) is 8.46. The van der Waals surface area contributed by atoms with Crippen LogP contribution in [0.1, 0.15) is 56.6 Å². The van der Waals surface area contributed by atoms with Crippen LogP contribution in [0.15, 0.2) is 48.5 Å². The monoisotopic (exact) mass is 456 g/mol. The summed E-state index contributed by atoms with van der Waals surface area (Å²) in [6.07, 6.45) is 6.05. The summed E-state index contributed by atoms with van der Waals surface area (Å²) in [5.74, 6) is 0.226. The van der Waals surface area contributed by atoms with Gasteiger partial charge in [-0.15, -0.1) is 0 Å². The Morgan fingerprint density at radius 3 is 2.56 bits per heavy atom. The zero-order valence-electron chi connectivity index (χ0n) is 19.0. The number of nitrogens with one attached hydrogen (secondary N) is 1. The fourth-order valence-electron chi connectivity index (χ4n) is 4.22. The third-order valence-electron chi connectivity index (χ3n) is 6.10. The van der Waals surface area contributed by atoms with E-state index in [9.17, 15) is 9.59 Å². The first-order chi connectivity index (χ1) is 15.5. The molecule has 1 aliphatic carbocycles. The average Bonchev–Trinajstić information content (AvgIpc) is 2.79. The van der Waals surface area contributed by atoms with Crippen LogP contribution in [0.4, 0.5) is 0 Å². The van der Waals surface area contributed by atoms with Crippen LogP contribution >= 0.6 is 11.6 Å². The van der Waals surface area contributed by atoms with Gasteiger partial charge in [0.25, 0.3) is 5.91 Å². The minimum Gasteiger partial charge on any atom is -0.484 e. The topological polar surface area (TPSA) is 58.6 Å². The van der Waals surface area contributed by atoms with E-state index in [0.29, 0.717) is 23.7 Å². The number of rotatable bonds is 9. The lowest BCUT2D eigenvalue weighted by molar-refractivity contribution is -0.143. The molecule has 0 aromatic heterocycles. The number of carbonyl (C=O) groups excluding carboxylic acids is 2. The van der Waals surface area contributed by atoms with E-state index in [0.717, 1.165) is 36.8 Å².